The Bertz CT molecular complexity index is 919. The van der Waals surface area contributed by atoms with Crippen LogP contribution in [-0.2, 0) is 9.59 Å². The molecule has 1 N–H and O–H groups in total. The largest absolute Gasteiger partial charge is 0.496 e. The number of hydrogen-bond acceptors (Lipinski definition) is 5. The van der Waals surface area contributed by atoms with Gasteiger partial charge in [0.2, 0.25) is 0 Å². The fourth-order valence-electron chi connectivity index (χ4n) is 2.80. The highest BCUT2D eigenvalue weighted by Gasteiger charge is 2.31. The quantitative estimate of drug-likeness (QED) is 0.651. The average Bonchev–Trinajstić information content (AvgIpc) is 2.95. The number of ether oxygens (including phenoxy) is 3. The number of methoxy groups -OCH3 is 3. The third-order valence-electron chi connectivity index (χ3n) is 4.16. The lowest BCUT2D eigenvalue weighted by Crippen LogP contribution is -2.19. The van der Waals surface area contributed by atoms with Gasteiger partial charge in [-0.1, -0.05) is 30.3 Å². The summed E-state index contributed by atoms with van der Waals surface area (Å²) in [6.07, 6.45) is 3.26. The second-order valence-electron chi connectivity index (χ2n) is 5.76. The van der Waals surface area contributed by atoms with Crippen molar-refractivity contribution in [2.24, 2.45) is 0 Å². The zero-order chi connectivity index (χ0) is 19.4. The molecular weight excluding hydrogens is 346 g/mol. The third-order valence-corrected chi connectivity index (χ3v) is 4.16. The predicted octanol–water partition coefficient (Wildman–Crippen LogP) is 2.84. The molecule has 0 saturated carbocycles. The lowest BCUT2D eigenvalue weighted by molar-refractivity contribution is -0.123. The second kappa shape index (κ2) is 7.78. The molecule has 0 bridgehead atoms. The number of rotatable bonds is 5. The van der Waals surface area contributed by atoms with Crippen LogP contribution < -0.4 is 19.5 Å². The van der Waals surface area contributed by atoms with Gasteiger partial charge in [-0.2, -0.15) is 0 Å². The van der Waals surface area contributed by atoms with Gasteiger partial charge in [-0.3, -0.25) is 14.9 Å². The minimum absolute atomic E-state index is 0.241. The maximum atomic E-state index is 12.4. The van der Waals surface area contributed by atoms with Crippen LogP contribution in [0.25, 0.3) is 12.2 Å². The molecule has 0 spiro atoms. The molecule has 1 aliphatic rings. The molecule has 6 nitrogen and oxygen atoms in total. The van der Waals surface area contributed by atoms with Crippen molar-refractivity contribution in [2.75, 3.05) is 21.3 Å². The van der Waals surface area contributed by atoms with E-state index in [2.05, 4.69) is 5.32 Å². The summed E-state index contributed by atoms with van der Waals surface area (Å²) in [5.41, 5.74) is 1.88. The van der Waals surface area contributed by atoms with Crippen molar-refractivity contribution in [3.05, 3.63) is 64.7 Å². The van der Waals surface area contributed by atoms with Gasteiger partial charge in [-0.05, 0) is 17.7 Å². The second-order valence-corrected chi connectivity index (χ2v) is 5.76. The molecule has 0 atom stereocenters. The lowest BCUT2D eigenvalue weighted by atomic mass is 10.0. The molecule has 2 aromatic carbocycles. The predicted molar refractivity (Wildman–Crippen MR) is 102 cm³/mol. The molecule has 0 aliphatic carbocycles. The topological polar surface area (TPSA) is 73.9 Å². The van der Waals surface area contributed by atoms with Gasteiger partial charge in [0.1, 0.15) is 17.2 Å². The van der Waals surface area contributed by atoms with Crippen molar-refractivity contribution in [1.29, 1.82) is 0 Å². The van der Waals surface area contributed by atoms with Gasteiger partial charge < -0.3 is 14.2 Å². The Labute approximate surface area is 157 Å². The highest BCUT2D eigenvalue weighted by molar-refractivity contribution is 6.28. The Kier molecular flexibility index (Phi) is 5.26. The summed E-state index contributed by atoms with van der Waals surface area (Å²) >= 11 is 0. The molecule has 0 aromatic heterocycles. The summed E-state index contributed by atoms with van der Waals surface area (Å²) in [6, 6.07) is 12.7. The normalized spacial score (nSPS) is 16.6. The van der Waals surface area contributed by atoms with Crippen molar-refractivity contribution in [2.45, 2.75) is 0 Å². The standard InChI is InChI=1S/C21H19NO5/c1-25-14-10-18(26-2)17(19(11-14)27-3)12-16-15(20(23)22-21(16)24)9-13-7-5-4-6-8-13/h4-12H,1-3H3,(H,22,23,24). The van der Waals surface area contributed by atoms with Crippen molar-refractivity contribution in [3.8, 4) is 17.2 Å². The number of hydrogen-bond donors (Lipinski definition) is 1. The van der Waals surface area contributed by atoms with Crippen LogP contribution in [0.3, 0.4) is 0 Å². The Morgan fingerprint density at radius 2 is 1.33 bits per heavy atom. The van der Waals surface area contributed by atoms with Gasteiger partial charge in [-0.15, -0.1) is 0 Å². The van der Waals surface area contributed by atoms with Gasteiger partial charge in [0, 0.05) is 12.1 Å². The SMILES string of the molecule is COc1cc(OC)c(C=C2C(=O)NC(=O)C2=Cc2ccccc2)c(OC)c1. The van der Waals surface area contributed by atoms with Gasteiger partial charge in [-0.25, -0.2) is 0 Å². The van der Waals surface area contributed by atoms with Gasteiger partial charge >= 0.3 is 0 Å². The first kappa shape index (κ1) is 18.3. The van der Waals surface area contributed by atoms with Crippen LogP contribution in [0.5, 0.6) is 17.2 Å². The Morgan fingerprint density at radius 3 is 1.85 bits per heavy atom. The summed E-state index contributed by atoms with van der Waals surface area (Å²) in [6.45, 7) is 0. The molecule has 1 heterocycles. The van der Waals surface area contributed by atoms with E-state index in [0.29, 0.717) is 22.8 Å². The van der Waals surface area contributed by atoms with Gasteiger partial charge in [0.15, 0.2) is 0 Å². The summed E-state index contributed by atoms with van der Waals surface area (Å²) in [7, 11) is 4.56. The Balaban J connectivity index is 2.16. The smallest absolute Gasteiger partial charge is 0.258 e. The number of nitrogens with one attached hydrogen (secondary N) is 1. The first-order valence-corrected chi connectivity index (χ1v) is 8.22. The van der Waals surface area contributed by atoms with Crippen molar-refractivity contribution < 1.29 is 23.8 Å². The number of imide groups is 1. The summed E-state index contributed by atoms with van der Waals surface area (Å²) in [4.78, 5) is 24.6. The summed E-state index contributed by atoms with van der Waals surface area (Å²) < 4.78 is 16.1. The maximum absolute atomic E-state index is 12.4. The third kappa shape index (κ3) is 3.69. The van der Waals surface area contributed by atoms with Crippen LogP contribution in [0.4, 0.5) is 0 Å². The van der Waals surface area contributed by atoms with Crippen LogP contribution in [0.1, 0.15) is 11.1 Å². The summed E-state index contributed by atoms with van der Waals surface area (Å²) in [5, 5.41) is 2.33. The highest BCUT2D eigenvalue weighted by atomic mass is 16.5. The van der Waals surface area contributed by atoms with Crippen LogP contribution >= 0.6 is 0 Å². The first-order valence-electron chi connectivity index (χ1n) is 8.22. The Hall–Kier alpha value is -3.54. The molecule has 1 aliphatic heterocycles. The van der Waals surface area contributed by atoms with Crippen LogP contribution in [0.2, 0.25) is 0 Å². The van der Waals surface area contributed by atoms with Crippen molar-refractivity contribution in [1.82, 2.24) is 5.32 Å². The molecule has 0 radical (unpaired) electrons. The molecule has 138 valence electrons. The first-order chi connectivity index (χ1) is 13.1. The number of carbonyl (C=O) groups excluding carboxylic acids is 2. The van der Waals surface area contributed by atoms with E-state index in [1.54, 1.807) is 24.3 Å². The molecule has 27 heavy (non-hydrogen) atoms. The van der Waals surface area contributed by atoms with Crippen LogP contribution in [0.15, 0.2) is 53.6 Å². The van der Waals surface area contributed by atoms with E-state index in [1.165, 1.54) is 21.3 Å². The molecule has 3 rings (SSSR count). The van der Waals surface area contributed by atoms with Crippen LogP contribution in [-0.4, -0.2) is 33.1 Å². The van der Waals surface area contributed by atoms with E-state index in [0.717, 1.165) is 5.56 Å². The van der Waals surface area contributed by atoms with E-state index in [9.17, 15) is 9.59 Å². The van der Waals surface area contributed by atoms with Crippen LogP contribution in [0, 0.1) is 0 Å². The van der Waals surface area contributed by atoms with Gasteiger partial charge in [0.05, 0.1) is 38.0 Å². The highest BCUT2D eigenvalue weighted by Crippen LogP contribution is 2.37. The minimum Gasteiger partial charge on any atom is -0.496 e. The molecule has 2 amide bonds. The maximum Gasteiger partial charge on any atom is 0.258 e. The van der Waals surface area contributed by atoms with Crippen molar-refractivity contribution >= 4 is 24.0 Å². The zero-order valence-corrected chi connectivity index (χ0v) is 15.2. The number of carbonyl (C=O) groups is 2. The number of benzene rings is 2. The lowest BCUT2D eigenvalue weighted by Gasteiger charge is -2.13. The fourth-order valence-corrected chi connectivity index (χ4v) is 2.80. The molecule has 6 heteroatoms. The monoisotopic (exact) mass is 365 g/mol. The van der Waals surface area contributed by atoms with E-state index in [1.807, 2.05) is 30.3 Å². The zero-order valence-electron chi connectivity index (χ0n) is 15.2. The number of amides is 2. The summed E-state index contributed by atoms with van der Waals surface area (Å²) in [5.74, 6) is 0.566. The molecule has 2 aromatic rings. The van der Waals surface area contributed by atoms with Crippen molar-refractivity contribution in [3.63, 3.8) is 0 Å². The molecule has 0 unspecified atom stereocenters. The molecular formula is C21H19NO5. The van der Waals surface area contributed by atoms with E-state index in [-0.39, 0.29) is 11.1 Å². The van der Waals surface area contributed by atoms with Gasteiger partial charge in [0.25, 0.3) is 11.8 Å². The molecule has 1 fully saturated rings. The van der Waals surface area contributed by atoms with E-state index < -0.39 is 11.8 Å². The minimum atomic E-state index is -0.470. The Morgan fingerprint density at radius 1 is 0.778 bits per heavy atom. The average molecular weight is 365 g/mol. The fraction of sp³-hybridized carbons (Fsp3) is 0.143. The van der Waals surface area contributed by atoms with E-state index in [4.69, 9.17) is 14.2 Å². The van der Waals surface area contributed by atoms with E-state index >= 15 is 0 Å². The molecule has 1 saturated heterocycles.